The third-order valence-corrected chi connectivity index (χ3v) is 2.13. The van der Waals surface area contributed by atoms with Crippen LogP contribution < -0.4 is 0 Å². The van der Waals surface area contributed by atoms with Crippen molar-refractivity contribution in [2.45, 2.75) is 52.4 Å². The normalized spacial score (nSPS) is 20.8. The van der Waals surface area contributed by atoms with Gasteiger partial charge in [-0.15, -0.1) is 0 Å². The standard InChI is InChI=1S/C11H19NO4/c1-8(13)15-9-6-5-7-12(9)10(14)16-11(2,3)4/h9H,5-7H2,1-4H3. The smallest absolute Gasteiger partial charge is 0.413 e. The van der Waals surface area contributed by atoms with Gasteiger partial charge in [0.1, 0.15) is 5.60 Å². The molecule has 92 valence electrons. The van der Waals surface area contributed by atoms with E-state index in [1.54, 1.807) is 0 Å². The van der Waals surface area contributed by atoms with E-state index in [4.69, 9.17) is 9.47 Å². The molecule has 1 aliphatic rings. The molecule has 1 saturated heterocycles. The molecule has 1 rings (SSSR count). The third-order valence-electron chi connectivity index (χ3n) is 2.13. The fourth-order valence-corrected chi connectivity index (χ4v) is 1.58. The molecule has 0 radical (unpaired) electrons. The van der Waals surface area contributed by atoms with Crippen molar-refractivity contribution in [3.8, 4) is 0 Å². The molecule has 16 heavy (non-hydrogen) atoms. The van der Waals surface area contributed by atoms with Crippen molar-refractivity contribution >= 4 is 12.1 Å². The van der Waals surface area contributed by atoms with Crippen LogP contribution >= 0.6 is 0 Å². The first kappa shape index (κ1) is 12.8. The van der Waals surface area contributed by atoms with Crippen LogP contribution in [0.2, 0.25) is 0 Å². The van der Waals surface area contributed by atoms with Crippen molar-refractivity contribution in [2.24, 2.45) is 0 Å². The Kier molecular flexibility index (Phi) is 3.78. The minimum absolute atomic E-state index is 0.375. The lowest BCUT2D eigenvalue weighted by Gasteiger charge is -2.27. The minimum atomic E-state index is -0.527. The average molecular weight is 229 g/mol. The summed E-state index contributed by atoms with van der Waals surface area (Å²) in [5, 5.41) is 0. The molecule has 0 aliphatic carbocycles. The number of carbonyl (C=O) groups excluding carboxylic acids is 2. The molecule has 1 fully saturated rings. The van der Waals surface area contributed by atoms with E-state index in [1.165, 1.54) is 11.8 Å². The van der Waals surface area contributed by atoms with E-state index in [2.05, 4.69) is 0 Å². The highest BCUT2D eigenvalue weighted by Crippen LogP contribution is 2.21. The number of esters is 1. The first-order valence-electron chi connectivity index (χ1n) is 5.46. The molecule has 5 heteroatoms. The van der Waals surface area contributed by atoms with Gasteiger partial charge in [-0.3, -0.25) is 9.69 Å². The van der Waals surface area contributed by atoms with E-state index >= 15 is 0 Å². The van der Waals surface area contributed by atoms with Crippen molar-refractivity contribution in [3.63, 3.8) is 0 Å². The summed E-state index contributed by atoms with van der Waals surface area (Å²) in [5.41, 5.74) is -0.527. The number of likely N-dealkylation sites (tertiary alicyclic amines) is 1. The lowest BCUT2D eigenvalue weighted by atomic mass is 10.2. The molecule has 1 atom stereocenters. The molecule has 0 aromatic heterocycles. The number of nitrogens with zero attached hydrogens (tertiary/aromatic N) is 1. The Hall–Kier alpha value is -1.26. The van der Waals surface area contributed by atoms with Crippen LogP contribution in [-0.2, 0) is 14.3 Å². The lowest BCUT2D eigenvalue weighted by molar-refractivity contribution is -0.152. The van der Waals surface area contributed by atoms with E-state index in [0.29, 0.717) is 13.0 Å². The summed E-state index contributed by atoms with van der Waals surface area (Å²) in [6.45, 7) is 7.34. The lowest BCUT2D eigenvalue weighted by Crippen LogP contribution is -2.41. The Morgan fingerprint density at radius 2 is 1.94 bits per heavy atom. The zero-order valence-corrected chi connectivity index (χ0v) is 10.3. The van der Waals surface area contributed by atoms with Gasteiger partial charge in [-0.05, 0) is 27.2 Å². The SMILES string of the molecule is CC(=O)OC1CCCN1C(=O)OC(C)(C)C. The molecule has 1 heterocycles. The molecule has 0 N–H and O–H groups in total. The van der Waals surface area contributed by atoms with Gasteiger partial charge in [0.25, 0.3) is 0 Å². The number of ether oxygens (including phenoxy) is 2. The molecular weight excluding hydrogens is 210 g/mol. The molecule has 0 saturated carbocycles. The predicted molar refractivity (Wildman–Crippen MR) is 57.7 cm³/mol. The second kappa shape index (κ2) is 4.72. The topological polar surface area (TPSA) is 55.8 Å². The van der Waals surface area contributed by atoms with Gasteiger partial charge < -0.3 is 9.47 Å². The summed E-state index contributed by atoms with van der Waals surface area (Å²) >= 11 is 0. The second-order valence-electron chi connectivity index (χ2n) is 4.88. The largest absolute Gasteiger partial charge is 0.444 e. The highest BCUT2D eigenvalue weighted by Gasteiger charge is 2.33. The average Bonchev–Trinajstić information content (AvgIpc) is 2.47. The van der Waals surface area contributed by atoms with Crippen LogP contribution in [-0.4, -0.2) is 35.3 Å². The molecule has 1 amide bonds. The zero-order valence-electron chi connectivity index (χ0n) is 10.3. The highest BCUT2D eigenvalue weighted by molar-refractivity contribution is 5.70. The van der Waals surface area contributed by atoms with Crippen molar-refractivity contribution in [1.29, 1.82) is 0 Å². The Labute approximate surface area is 95.7 Å². The summed E-state index contributed by atoms with van der Waals surface area (Å²) in [7, 11) is 0. The summed E-state index contributed by atoms with van der Waals surface area (Å²) in [5.74, 6) is -0.375. The number of hydrogen-bond donors (Lipinski definition) is 0. The molecule has 1 aliphatic heterocycles. The van der Waals surface area contributed by atoms with Crippen molar-refractivity contribution in [3.05, 3.63) is 0 Å². The van der Waals surface area contributed by atoms with E-state index in [1.807, 2.05) is 20.8 Å². The van der Waals surface area contributed by atoms with Gasteiger partial charge >= 0.3 is 12.1 Å². The van der Waals surface area contributed by atoms with Gasteiger partial charge in [-0.2, -0.15) is 0 Å². The maximum Gasteiger partial charge on any atom is 0.413 e. The maximum atomic E-state index is 11.8. The van der Waals surface area contributed by atoms with Crippen LogP contribution in [0, 0.1) is 0 Å². The van der Waals surface area contributed by atoms with E-state index in [9.17, 15) is 9.59 Å². The number of carbonyl (C=O) groups is 2. The monoisotopic (exact) mass is 229 g/mol. The highest BCUT2D eigenvalue weighted by atomic mass is 16.6. The van der Waals surface area contributed by atoms with Crippen molar-refractivity contribution < 1.29 is 19.1 Å². The first-order chi connectivity index (χ1) is 7.29. The van der Waals surface area contributed by atoms with Gasteiger partial charge in [0, 0.05) is 19.9 Å². The molecule has 0 spiro atoms. The summed E-state index contributed by atoms with van der Waals surface area (Å²) in [4.78, 5) is 24.1. The zero-order chi connectivity index (χ0) is 12.3. The fraction of sp³-hybridized carbons (Fsp3) is 0.818. The van der Waals surface area contributed by atoms with Gasteiger partial charge in [0.2, 0.25) is 0 Å². The molecule has 0 bridgehead atoms. The Morgan fingerprint density at radius 1 is 1.31 bits per heavy atom. The van der Waals surface area contributed by atoms with Gasteiger partial charge in [-0.25, -0.2) is 4.79 Å². The van der Waals surface area contributed by atoms with Crippen LogP contribution in [0.1, 0.15) is 40.5 Å². The summed E-state index contributed by atoms with van der Waals surface area (Å²) < 4.78 is 10.3. The van der Waals surface area contributed by atoms with E-state index in [-0.39, 0.29) is 5.97 Å². The number of hydrogen-bond acceptors (Lipinski definition) is 4. The quantitative estimate of drug-likeness (QED) is 0.644. The van der Waals surface area contributed by atoms with E-state index in [0.717, 1.165) is 6.42 Å². The molecule has 0 aromatic carbocycles. The molecule has 1 unspecified atom stereocenters. The minimum Gasteiger partial charge on any atom is -0.444 e. The van der Waals surface area contributed by atoms with Gasteiger partial charge in [0.15, 0.2) is 6.23 Å². The van der Waals surface area contributed by atoms with Crippen molar-refractivity contribution in [1.82, 2.24) is 4.90 Å². The predicted octanol–water partition coefficient (Wildman–Crippen LogP) is 1.91. The van der Waals surface area contributed by atoms with Crippen LogP contribution in [0.15, 0.2) is 0 Å². The van der Waals surface area contributed by atoms with Gasteiger partial charge in [-0.1, -0.05) is 0 Å². The fourth-order valence-electron chi connectivity index (χ4n) is 1.58. The van der Waals surface area contributed by atoms with Crippen LogP contribution in [0.25, 0.3) is 0 Å². The summed E-state index contributed by atoms with van der Waals surface area (Å²) in [6.07, 6.45) is 0.624. The van der Waals surface area contributed by atoms with Gasteiger partial charge in [0.05, 0.1) is 0 Å². The molecule has 5 nitrogen and oxygen atoms in total. The van der Waals surface area contributed by atoms with E-state index < -0.39 is 17.9 Å². The molecule has 0 aromatic rings. The second-order valence-corrected chi connectivity index (χ2v) is 4.88. The molecular formula is C11H19NO4. The van der Waals surface area contributed by atoms with Crippen LogP contribution in [0.4, 0.5) is 4.79 Å². The van der Waals surface area contributed by atoms with Crippen LogP contribution in [0.5, 0.6) is 0 Å². The Morgan fingerprint density at radius 3 is 2.44 bits per heavy atom. The summed E-state index contributed by atoms with van der Waals surface area (Å²) in [6, 6.07) is 0. The Balaban J connectivity index is 2.57. The van der Waals surface area contributed by atoms with Crippen LogP contribution in [0.3, 0.4) is 0 Å². The van der Waals surface area contributed by atoms with Crippen molar-refractivity contribution in [2.75, 3.05) is 6.54 Å². The Bertz CT molecular complexity index is 282. The number of rotatable bonds is 1. The number of amides is 1. The third kappa shape index (κ3) is 3.72. The maximum absolute atomic E-state index is 11.8. The first-order valence-corrected chi connectivity index (χ1v) is 5.46.